The number of thioether (sulfide) groups is 1. The lowest BCUT2D eigenvalue weighted by Gasteiger charge is -2.22. The molecule has 0 aliphatic carbocycles. The molecule has 1 aromatic rings. The normalized spacial score (nSPS) is 19.2. The van der Waals surface area contributed by atoms with E-state index < -0.39 is 0 Å². The van der Waals surface area contributed by atoms with Crippen LogP contribution in [0.15, 0.2) is 81.8 Å². The number of hydrogen-bond donors (Lipinski definition) is 0. The van der Waals surface area contributed by atoms with Crippen molar-refractivity contribution in [1.82, 2.24) is 0 Å². The van der Waals surface area contributed by atoms with Crippen molar-refractivity contribution in [3.05, 3.63) is 76.9 Å². The second-order valence-electron chi connectivity index (χ2n) is 9.93. The van der Waals surface area contributed by atoms with E-state index in [9.17, 15) is 0 Å². The number of rotatable bonds is 15. The van der Waals surface area contributed by atoms with Crippen LogP contribution in [0.3, 0.4) is 0 Å². The molecule has 0 saturated carbocycles. The van der Waals surface area contributed by atoms with Crippen LogP contribution in [0.1, 0.15) is 92.4 Å². The van der Waals surface area contributed by atoms with E-state index in [1.54, 1.807) is 0 Å². The molecule has 1 fully saturated rings. The van der Waals surface area contributed by atoms with Crippen LogP contribution in [0.4, 0.5) is 0 Å². The summed E-state index contributed by atoms with van der Waals surface area (Å²) in [5.74, 6) is 0. The predicted molar refractivity (Wildman–Crippen MR) is 154 cm³/mol. The van der Waals surface area contributed by atoms with Gasteiger partial charge in [-0.3, -0.25) is 0 Å². The average molecular weight is 497 g/mol. The Morgan fingerprint density at radius 2 is 1.66 bits per heavy atom. The summed E-state index contributed by atoms with van der Waals surface area (Å²) in [6.45, 7) is 12.7. The van der Waals surface area contributed by atoms with Gasteiger partial charge in [0.1, 0.15) is 0 Å². The Bertz CT molecular complexity index is 828. The molecular formula is C32H48O2S. The number of allylic oxidation sites excluding steroid dienone is 6. The molecule has 0 amide bonds. The lowest BCUT2D eigenvalue weighted by molar-refractivity contribution is -0.156. The zero-order valence-electron chi connectivity index (χ0n) is 22.9. The van der Waals surface area contributed by atoms with Crippen molar-refractivity contribution in [1.29, 1.82) is 0 Å². The van der Waals surface area contributed by atoms with E-state index in [-0.39, 0.29) is 6.29 Å². The van der Waals surface area contributed by atoms with Crippen molar-refractivity contribution in [3.63, 3.8) is 0 Å². The molecule has 2 atom stereocenters. The first-order chi connectivity index (χ1) is 17.0. The minimum absolute atomic E-state index is 0.00706. The van der Waals surface area contributed by atoms with Gasteiger partial charge in [-0.1, -0.05) is 71.7 Å². The first-order valence-electron chi connectivity index (χ1n) is 13.5. The summed E-state index contributed by atoms with van der Waals surface area (Å²) in [6, 6.07) is 10.8. The summed E-state index contributed by atoms with van der Waals surface area (Å²) in [4.78, 5) is 1.34. The molecule has 2 unspecified atom stereocenters. The van der Waals surface area contributed by atoms with Crippen LogP contribution in [-0.2, 0) is 9.47 Å². The van der Waals surface area contributed by atoms with Gasteiger partial charge in [0.25, 0.3) is 0 Å². The highest BCUT2D eigenvalue weighted by Crippen LogP contribution is 2.30. The molecule has 1 aliphatic rings. The van der Waals surface area contributed by atoms with Crippen LogP contribution in [0.5, 0.6) is 0 Å². The number of benzene rings is 1. The lowest BCUT2D eigenvalue weighted by Crippen LogP contribution is -2.22. The summed E-state index contributed by atoms with van der Waals surface area (Å²) < 4.78 is 11.6. The minimum atomic E-state index is -0.00706. The van der Waals surface area contributed by atoms with Gasteiger partial charge < -0.3 is 9.47 Å². The Labute approximate surface area is 220 Å². The molecule has 0 aromatic heterocycles. The van der Waals surface area contributed by atoms with E-state index in [4.69, 9.17) is 9.47 Å². The number of ether oxygens (including phenoxy) is 2. The topological polar surface area (TPSA) is 18.5 Å². The highest BCUT2D eigenvalue weighted by Gasteiger charge is 2.14. The fourth-order valence-electron chi connectivity index (χ4n) is 4.28. The Morgan fingerprint density at radius 3 is 2.34 bits per heavy atom. The van der Waals surface area contributed by atoms with E-state index in [1.807, 2.05) is 11.8 Å². The summed E-state index contributed by atoms with van der Waals surface area (Å²) in [6.07, 6.45) is 19.7. The van der Waals surface area contributed by atoms with Crippen molar-refractivity contribution in [2.45, 2.75) is 109 Å². The SMILES string of the molecule is CC/C=C(\C)CC/C=C(\C)CC(/C=C(\C)CC/C=C(\C)COC1CCCCO1)Sc1ccccc1. The molecule has 1 saturated heterocycles. The Balaban J connectivity index is 1.89. The van der Waals surface area contributed by atoms with E-state index in [0.717, 1.165) is 51.6 Å². The molecule has 1 aromatic carbocycles. The van der Waals surface area contributed by atoms with Gasteiger partial charge in [-0.15, -0.1) is 11.8 Å². The van der Waals surface area contributed by atoms with E-state index >= 15 is 0 Å². The maximum Gasteiger partial charge on any atom is 0.158 e. The first kappa shape index (κ1) is 29.7. The molecule has 0 bridgehead atoms. The summed E-state index contributed by atoms with van der Waals surface area (Å²) in [5.41, 5.74) is 5.76. The van der Waals surface area contributed by atoms with Crippen molar-refractivity contribution in [3.8, 4) is 0 Å². The van der Waals surface area contributed by atoms with Gasteiger partial charge in [-0.2, -0.15) is 0 Å². The molecule has 194 valence electrons. The molecule has 1 heterocycles. The van der Waals surface area contributed by atoms with E-state index in [1.165, 1.54) is 40.0 Å². The van der Waals surface area contributed by atoms with Gasteiger partial charge in [0.2, 0.25) is 0 Å². The largest absolute Gasteiger partial charge is 0.353 e. The average Bonchev–Trinajstić information content (AvgIpc) is 2.84. The second-order valence-corrected chi connectivity index (χ2v) is 11.2. The third kappa shape index (κ3) is 13.9. The Hall–Kier alpha value is -1.55. The fraction of sp³-hybridized carbons (Fsp3) is 0.562. The Morgan fingerprint density at radius 1 is 0.943 bits per heavy atom. The second kappa shape index (κ2) is 17.8. The van der Waals surface area contributed by atoms with E-state index in [0.29, 0.717) is 11.9 Å². The van der Waals surface area contributed by atoms with Gasteiger partial charge in [0.05, 0.1) is 6.61 Å². The van der Waals surface area contributed by atoms with Gasteiger partial charge in [-0.05, 0) is 97.6 Å². The standard InChI is InChI=1S/C32H48O2S/c1-6-14-26(2)15-12-16-27(3)23-31(35-30-19-8-7-9-20-30)24-28(4)17-13-18-29(5)25-34-32-21-10-11-22-33-32/h7-9,14,16,18-20,24,31-32H,6,10-13,15,17,21-23,25H2,1-5H3/b26-14+,27-16+,28-24+,29-18+. The summed E-state index contributed by atoms with van der Waals surface area (Å²) >= 11 is 1.98. The smallest absolute Gasteiger partial charge is 0.158 e. The fourth-order valence-corrected chi connectivity index (χ4v) is 5.59. The lowest BCUT2D eigenvalue weighted by atomic mass is 10.0. The molecule has 1 aliphatic heterocycles. The van der Waals surface area contributed by atoms with Crippen LogP contribution in [0.2, 0.25) is 0 Å². The minimum Gasteiger partial charge on any atom is -0.353 e. The van der Waals surface area contributed by atoms with Gasteiger partial charge in [-0.25, -0.2) is 0 Å². The maximum absolute atomic E-state index is 5.92. The van der Waals surface area contributed by atoms with Crippen molar-refractivity contribution in [2.24, 2.45) is 0 Å². The predicted octanol–water partition coefficient (Wildman–Crippen LogP) is 9.84. The van der Waals surface area contributed by atoms with Crippen LogP contribution >= 0.6 is 11.8 Å². The quantitative estimate of drug-likeness (QED) is 0.178. The highest BCUT2D eigenvalue weighted by atomic mass is 32.2. The van der Waals surface area contributed by atoms with Crippen LogP contribution in [0, 0.1) is 0 Å². The molecular weight excluding hydrogens is 448 g/mol. The molecule has 35 heavy (non-hydrogen) atoms. The van der Waals surface area contributed by atoms with Crippen molar-refractivity contribution in [2.75, 3.05) is 13.2 Å². The zero-order chi connectivity index (χ0) is 25.3. The monoisotopic (exact) mass is 496 g/mol. The van der Waals surface area contributed by atoms with E-state index in [2.05, 4.69) is 89.3 Å². The van der Waals surface area contributed by atoms with Crippen molar-refractivity contribution >= 4 is 11.8 Å². The Kier molecular flexibility index (Phi) is 15.1. The third-order valence-electron chi connectivity index (χ3n) is 6.27. The maximum atomic E-state index is 5.92. The first-order valence-corrected chi connectivity index (χ1v) is 14.4. The molecule has 2 nitrogen and oxygen atoms in total. The van der Waals surface area contributed by atoms with Gasteiger partial charge in [0, 0.05) is 16.8 Å². The molecule has 0 spiro atoms. The summed E-state index contributed by atoms with van der Waals surface area (Å²) in [5, 5.41) is 0.456. The molecule has 2 rings (SSSR count). The van der Waals surface area contributed by atoms with Gasteiger partial charge >= 0.3 is 0 Å². The molecule has 0 N–H and O–H groups in total. The number of hydrogen-bond acceptors (Lipinski definition) is 3. The van der Waals surface area contributed by atoms with Crippen LogP contribution in [0.25, 0.3) is 0 Å². The van der Waals surface area contributed by atoms with Crippen molar-refractivity contribution < 1.29 is 9.47 Å². The van der Waals surface area contributed by atoms with Crippen LogP contribution < -0.4 is 0 Å². The zero-order valence-corrected chi connectivity index (χ0v) is 23.7. The molecule has 3 heteroatoms. The van der Waals surface area contributed by atoms with Crippen LogP contribution in [-0.4, -0.2) is 24.8 Å². The summed E-state index contributed by atoms with van der Waals surface area (Å²) in [7, 11) is 0. The molecule has 0 radical (unpaired) electrons. The van der Waals surface area contributed by atoms with Gasteiger partial charge in [0.15, 0.2) is 6.29 Å². The third-order valence-corrected chi connectivity index (χ3v) is 7.42. The highest BCUT2D eigenvalue weighted by molar-refractivity contribution is 8.00.